The Labute approximate surface area is 202 Å². The van der Waals surface area contributed by atoms with Crippen LogP contribution in [0.1, 0.15) is 37.6 Å². The van der Waals surface area contributed by atoms with Gasteiger partial charge in [0.2, 0.25) is 0 Å². The number of benzene rings is 2. The highest BCUT2D eigenvalue weighted by Gasteiger charge is 2.27. The number of hydrogen-bond donors (Lipinski definition) is 1. The smallest absolute Gasteiger partial charge is 0.322 e. The van der Waals surface area contributed by atoms with Crippen molar-refractivity contribution in [3.63, 3.8) is 0 Å². The van der Waals surface area contributed by atoms with Gasteiger partial charge in [0, 0.05) is 50.5 Å². The first kappa shape index (κ1) is 22.2. The van der Waals surface area contributed by atoms with Crippen LogP contribution in [-0.2, 0) is 13.1 Å². The van der Waals surface area contributed by atoms with Gasteiger partial charge in [-0.05, 0) is 59.7 Å². The molecule has 2 aliphatic rings. The van der Waals surface area contributed by atoms with E-state index in [1.807, 2.05) is 12.1 Å². The van der Waals surface area contributed by atoms with Crippen molar-refractivity contribution in [2.45, 2.75) is 13.1 Å². The summed E-state index contributed by atoms with van der Waals surface area (Å²) in [6, 6.07) is 17.4. The zero-order valence-electron chi connectivity index (χ0n) is 18.9. The number of nitrogens with one attached hydrogen (secondary N) is 1. The number of piperazine rings is 1. The monoisotopic (exact) mass is 469 g/mol. The molecule has 3 heterocycles. The first-order valence-electron chi connectivity index (χ1n) is 11.3. The fourth-order valence-corrected chi connectivity index (χ4v) is 4.36. The quantitative estimate of drug-likeness (QED) is 0.633. The van der Waals surface area contributed by atoms with E-state index in [-0.39, 0.29) is 17.8 Å². The lowest BCUT2D eigenvalue weighted by molar-refractivity contribution is 0.0518. The molecule has 0 atom stereocenters. The Kier molecular flexibility index (Phi) is 5.94. The van der Waals surface area contributed by atoms with E-state index in [9.17, 15) is 14.4 Å². The predicted octanol–water partition coefficient (Wildman–Crippen LogP) is 3.30. The molecule has 0 saturated carbocycles. The molecule has 0 aliphatic carbocycles. The summed E-state index contributed by atoms with van der Waals surface area (Å²) in [6.07, 6.45) is 1.47. The van der Waals surface area contributed by atoms with Gasteiger partial charge in [0.1, 0.15) is 0 Å². The van der Waals surface area contributed by atoms with Gasteiger partial charge < -0.3 is 24.4 Å². The number of hydrogen-bond acceptors (Lipinski definition) is 5. The zero-order chi connectivity index (χ0) is 24.4. The first-order chi connectivity index (χ1) is 17.0. The molecule has 4 amide bonds. The third-order valence-electron chi connectivity index (χ3n) is 6.31. The van der Waals surface area contributed by atoms with Gasteiger partial charge in [-0.3, -0.25) is 9.59 Å². The Bertz CT molecular complexity index is 1300. The van der Waals surface area contributed by atoms with E-state index >= 15 is 0 Å². The molecule has 1 aromatic heterocycles. The maximum absolute atomic E-state index is 12.9. The Morgan fingerprint density at radius 3 is 2.17 bits per heavy atom. The van der Waals surface area contributed by atoms with Crippen molar-refractivity contribution in [1.82, 2.24) is 14.7 Å². The van der Waals surface area contributed by atoms with Gasteiger partial charge in [0.05, 0.1) is 17.9 Å². The van der Waals surface area contributed by atoms with Crippen molar-refractivity contribution in [3.05, 3.63) is 88.9 Å². The minimum Gasteiger partial charge on any atom is -0.459 e. The summed E-state index contributed by atoms with van der Waals surface area (Å²) < 4.78 is 5.17. The Hall–Kier alpha value is -4.58. The second kappa shape index (κ2) is 9.35. The molecule has 0 spiro atoms. The van der Waals surface area contributed by atoms with Crippen LogP contribution < -0.4 is 5.32 Å². The van der Waals surface area contributed by atoms with Crippen LogP contribution in [0.5, 0.6) is 0 Å². The third kappa shape index (κ3) is 4.59. The summed E-state index contributed by atoms with van der Waals surface area (Å²) in [7, 11) is 0. The van der Waals surface area contributed by atoms with E-state index in [0.29, 0.717) is 61.8 Å². The van der Waals surface area contributed by atoms with E-state index < -0.39 is 0 Å². The largest absolute Gasteiger partial charge is 0.459 e. The fraction of sp³-hybridized carbons (Fsp3) is 0.231. The van der Waals surface area contributed by atoms with E-state index in [2.05, 4.69) is 11.4 Å². The molecule has 1 saturated heterocycles. The van der Waals surface area contributed by atoms with E-state index in [1.54, 1.807) is 57.2 Å². The topological polar surface area (TPSA) is 110 Å². The van der Waals surface area contributed by atoms with Gasteiger partial charge in [-0.25, -0.2) is 4.79 Å². The normalized spacial score (nSPS) is 14.9. The van der Waals surface area contributed by atoms with Gasteiger partial charge in [-0.15, -0.1) is 0 Å². The van der Waals surface area contributed by atoms with Crippen LogP contribution in [0, 0.1) is 11.3 Å². The molecule has 176 valence electrons. The molecule has 0 unspecified atom stereocenters. The number of nitriles is 1. The molecule has 9 nitrogen and oxygen atoms in total. The lowest BCUT2D eigenvalue weighted by atomic mass is 10.1. The van der Waals surface area contributed by atoms with E-state index in [1.165, 1.54) is 6.26 Å². The molecule has 35 heavy (non-hydrogen) atoms. The highest BCUT2D eigenvalue weighted by atomic mass is 16.3. The summed E-state index contributed by atoms with van der Waals surface area (Å²) in [5, 5.41) is 11.9. The number of carbonyl (C=O) groups is 3. The SMILES string of the molecule is N#Cc1ccc2c(c1)CN(C(=O)Nc1ccc(C(=O)N3CCN(C(=O)c4ccco4)CC3)cc1)C2. The zero-order valence-corrected chi connectivity index (χ0v) is 18.9. The first-order valence-corrected chi connectivity index (χ1v) is 11.3. The van der Waals surface area contributed by atoms with Crippen molar-refractivity contribution in [2.24, 2.45) is 0 Å². The highest BCUT2D eigenvalue weighted by molar-refractivity contribution is 5.96. The third-order valence-corrected chi connectivity index (χ3v) is 6.31. The average molecular weight is 470 g/mol. The molecule has 2 aromatic carbocycles. The number of amides is 4. The van der Waals surface area contributed by atoms with Crippen LogP contribution in [0.2, 0.25) is 0 Å². The number of nitrogens with zero attached hydrogens (tertiary/aromatic N) is 4. The molecular weight excluding hydrogens is 446 g/mol. The van der Waals surface area contributed by atoms with Crippen molar-refractivity contribution >= 4 is 23.5 Å². The Morgan fingerprint density at radius 2 is 1.51 bits per heavy atom. The van der Waals surface area contributed by atoms with Crippen molar-refractivity contribution < 1.29 is 18.8 Å². The van der Waals surface area contributed by atoms with Gasteiger partial charge >= 0.3 is 6.03 Å². The minimum absolute atomic E-state index is 0.115. The number of furan rings is 1. The molecular formula is C26H23N5O4. The minimum atomic E-state index is -0.240. The van der Waals surface area contributed by atoms with Crippen LogP contribution in [0.15, 0.2) is 65.3 Å². The van der Waals surface area contributed by atoms with E-state index in [4.69, 9.17) is 9.68 Å². The molecule has 1 fully saturated rings. The summed E-state index contributed by atoms with van der Waals surface area (Å²) in [6.45, 7) is 2.68. The molecule has 0 bridgehead atoms. The van der Waals surface area contributed by atoms with Crippen LogP contribution in [0.4, 0.5) is 10.5 Å². The summed E-state index contributed by atoms with van der Waals surface area (Å²) >= 11 is 0. The van der Waals surface area contributed by atoms with Crippen LogP contribution in [0.25, 0.3) is 0 Å². The molecule has 9 heteroatoms. The number of fused-ring (bicyclic) bond motifs is 1. The molecule has 5 rings (SSSR count). The molecule has 2 aliphatic heterocycles. The van der Waals surface area contributed by atoms with Crippen LogP contribution >= 0.6 is 0 Å². The lowest BCUT2D eigenvalue weighted by Gasteiger charge is -2.34. The van der Waals surface area contributed by atoms with Crippen molar-refractivity contribution in [3.8, 4) is 6.07 Å². The molecule has 1 N–H and O–H groups in total. The lowest BCUT2D eigenvalue weighted by Crippen LogP contribution is -2.50. The van der Waals surface area contributed by atoms with Gasteiger partial charge in [-0.1, -0.05) is 6.07 Å². The molecule has 3 aromatic rings. The maximum atomic E-state index is 12.9. The number of carbonyl (C=O) groups excluding carboxylic acids is 3. The second-order valence-electron chi connectivity index (χ2n) is 8.52. The standard InChI is InChI=1S/C26H23N5O4/c27-15-18-3-4-20-16-31(17-21(20)14-18)26(34)28-22-7-5-19(6-8-22)24(32)29-9-11-30(12-10-29)25(33)23-2-1-13-35-23/h1-8,13-14H,9-12,16-17H2,(H,28,34). The summed E-state index contributed by atoms with van der Waals surface area (Å²) in [5.74, 6) is 0.0113. The predicted molar refractivity (Wildman–Crippen MR) is 126 cm³/mol. The number of urea groups is 1. The second-order valence-corrected chi connectivity index (χ2v) is 8.52. The summed E-state index contributed by atoms with van der Waals surface area (Å²) in [5.41, 5.74) is 3.70. The Morgan fingerprint density at radius 1 is 0.829 bits per heavy atom. The highest BCUT2D eigenvalue weighted by Crippen LogP contribution is 2.24. The summed E-state index contributed by atoms with van der Waals surface area (Å²) in [4.78, 5) is 43.1. The Balaban J connectivity index is 1.14. The van der Waals surface area contributed by atoms with Crippen molar-refractivity contribution in [2.75, 3.05) is 31.5 Å². The number of anilines is 1. The number of rotatable bonds is 3. The van der Waals surface area contributed by atoms with Gasteiger partial charge in [0.15, 0.2) is 5.76 Å². The van der Waals surface area contributed by atoms with Gasteiger partial charge in [-0.2, -0.15) is 5.26 Å². The van der Waals surface area contributed by atoms with Gasteiger partial charge in [0.25, 0.3) is 11.8 Å². The molecule has 0 radical (unpaired) electrons. The van der Waals surface area contributed by atoms with Crippen LogP contribution in [0.3, 0.4) is 0 Å². The average Bonchev–Trinajstić information content (AvgIpc) is 3.58. The van der Waals surface area contributed by atoms with Crippen molar-refractivity contribution in [1.29, 1.82) is 5.26 Å². The fourth-order valence-electron chi connectivity index (χ4n) is 4.36. The maximum Gasteiger partial charge on any atom is 0.322 e. The van der Waals surface area contributed by atoms with E-state index in [0.717, 1.165) is 11.1 Å². The van der Waals surface area contributed by atoms with Crippen LogP contribution in [-0.4, -0.2) is 58.7 Å².